The zero-order valence-corrected chi connectivity index (χ0v) is 30.3. The van der Waals surface area contributed by atoms with E-state index in [1.165, 1.54) is 17.0 Å². The summed E-state index contributed by atoms with van der Waals surface area (Å²) in [6.45, 7) is 13.3. The van der Waals surface area contributed by atoms with Gasteiger partial charge in [0.25, 0.3) is 0 Å². The van der Waals surface area contributed by atoms with Crippen LogP contribution in [0, 0.1) is 13.8 Å². The Balaban J connectivity index is 2.11. The first-order valence-corrected chi connectivity index (χ1v) is 16.7. The van der Waals surface area contributed by atoms with Crippen molar-refractivity contribution in [1.82, 2.24) is 15.5 Å². The summed E-state index contributed by atoms with van der Waals surface area (Å²) in [6, 6.07) is 17.0. The number of amides is 3. The van der Waals surface area contributed by atoms with Crippen LogP contribution in [-0.4, -0.2) is 75.4 Å². The van der Waals surface area contributed by atoms with Crippen LogP contribution in [0.15, 0.2) is 72.8 Å². The number of esters is 1. The number of phenolic OH excluding ortho intramolecular Hbond substituents is 1. The van der Waals surface area contributed by atoms with Gasteiger partial charge in [0.1, 0.15) is 35.1 Å². The van der Waals surface area contributed by atoms with E-state index in [0.29, 0.717) is 11.1 Å². The standard InChI is InChI=1S/C39H51N3O8/c1-25-14-17-29(22-26(25)2)33(34(45)40-32(36(47)49-38(3,4)5)24-27-12-10-9-11-13-27)42(20-21-43)35(46)31(41-37(48)50-39(6,7)8)23-28-15-18-30(44)19-16-28/h9-19,22,31-33,43-44H,20-21,23-24H2,1-8H3,(H,40,45)(H,41,48). The first-order chi connectivity index (χ1) is 23.4. The lowest BCUT2D eigenvalue weighted by Gasteiger charge is -2.35. The summed E-state index contributed by atoms with van der Waals surface area (Å²) >= 11 is 0. The molecule has 0 fully saturated rings. The second-order valence-electron chi connectivity index (χ2n) is 14.4. The van der Waals surface area contributed by atoms with Crippen molar-refractivity contribution in [3.05, 3.63) is 101 Å². The number of alkyl carbamates (subject to hydrolysis) is 1. The largest absolute Gasteiger partial charge is 0.508 e. The predicted molar refractivity (Wildman–Crippen MR) is 190 cm³/mol. The van der Waals surface area contributed by atoms with Gasteiger partial charge in [-0.25, -0.2) is 9.59 Å². The Labute approximate surface area is 295 Å². The molecule has 3 atom stereocenters. The molecule has 0 aliphatic carbocycles. The highest BCUT2D eigenvalue weighted by Crippen LogP contribution is 2.26. The fourth-order valence-corrected chi connectivity index (χ4v) is 5.27. The molecule has 3 unspecified atom stereocenters. The number of aliphatic hydroxyl groups is 1. The number of hydrogen-bond acceptors (Lipinski definition) is 8. The first kappa shape index (κ1) is 39.5. The Kier molecular flexibility index (Phi) is 13.6. The number of phenols is 1. The predicted octanol–water partition coefficient (Wildman–Crippen LogP) is 5.08. The van der Waals surface area contributed by atoms with E-state index >= 15 is 0 Å². The molecule has 0 spiro atoms. The Morgan fingerprint density at radius 2 is 1.32 bits per heavy atom. The van der Waals surface area contributed by atoms with Crippen LogP contribution < -0.4 is 10.6 Å². The minimum absolute atomic E-state index is 0.0178. The molecule has 0 radical (unpaired) electrons. The normalized spacial score (nSPS) is 13.4. The van der Waals surface area contributed by atoms with Gasteiger partial charge in [-0.05, 0) is 95.3 Å². The van der Waals surface area contributed by atoms with Crippen molar-refractivity contribution in [2.24, 2.45) is 0 Å². The number of aliphatic hydroxyl groups excluding tert-OH is 1. The number of nitrogens with zero attached hydrogens (tertiary/aromatic N) is 1. The molecule has 11 nitrogen and oxygen atoms in total. The minimum Gasteiger partial charge on any atom is -0.508 e. The number of aryl methyl sites for hydroxylation is 2. The van der Waals surface area contributed by atoms with Crippen LogP contribution in [0.4, 0.5) is 4.79 Å². The zero-order valence-electron chi connectivity index (χ0n) is 30.3. The number of hydrogen-bond donors (Lipinski definition) is 4. The quantitative estimate of drug-likeness (QED) is 0.181. The van der Waals surface area contributed by atoms with E-state index in [2.05, 4.69) is 10.6 Å². The lowest BCUT2D eigenvalue weighted by atomic mass is 9.96. The minimum atomic E-state index is -1.32. The van der Waals surface area contributed by atoms with Crippen LogP contribution in [0.1, 0.15) is 75.4 Å². The number of benzene rings is 3. The van der Waals surface area contributed by atoms with E-state index in [4.69, 9.17) is 9.47 Å². The second kappa shape index (κ2) is 17.2. The fraction of sp³-hybridized carbons (Fsp3) is 0.436. The average Bonchev–Trinajstić information content (AvgIpc) is 3.01. The Bertz CT molecular complexity index is 1610. The molecule has 0 aromatic heterocycles. The van der Waals surface area contributed by atoms with Crippen LogP contribution >= 0.6 is 0 Å². The summed E-state index contributed by atoms with van der Waals surface area (Å²) in [5.74, 6) is -1.97. The molecule has 0 bridgehead atoms. The molecule has 11 heteroatoms. The summed E-state index contributed by atoms with van der Waals surface area (Å²) in [4.78, 5) is 56.9. The van der Waals surface area contributed by atoms with Crippen molar-refractivity contribution in [2.45, 2.75) is 97.6 Å². The van der Waals surface area contributed by atoms with Gasteiger partial charge in [-0.2, -0.15) is 0 Å². The molecule has 50 heavy (non-hydrogen) atoms. The first-order valence-electron chi connectivity index (χ1n) is 16.7. The molecule has 0 aliphatic heterocycles. The maximum absolute atomic E-state index is 14.6. The molecule has 0 aliphatic rings. The Morgan fingerprint density at radius 1 is 0.740 bits per heavy atom. The average molecular weight is 690 g/mol. The van der Waals surface area contributed by atoms with Crippen molar-refractivity contribution in [3.8, 4) is 5.75 Å². The number of rotatable bonds is 13. The van der Waals surface area contributed by atoms with E-state index in [0.717, 1.165) is 16.7 Å². The smallest absolute Gasteiger partial charge is 0.408 e. The molecule has 3 aromatic carbocycles. The molecule has 0 heterocycles. The van der Waals surface area contributed by atoms with Gasteiger partial charge in [0.05, 0.1) is 6.61 Å². The lowest BCUT2D eigenvalue weighted by molar-refractivity contribution is -0.159. The van der Waals surface area contributed by atoms with Gasteiger partial charge < -0.3 is 35.2 Å². The molecule has 0 saturated heterocycles. The topological polar surface area (TPSA) is 154 Å². The van der Waals surface area contributed by atoms with Gasteiger partial charge in [-0.15, -0.1) is 0 Å². The highest BCUT2D eigenvalue weighted by Gasteiger charge is 2.38. The van der Waals surface area contributed by atoms with E-state index in [1.54, 1.807) is 65.8 Å². The van der Waals surface area contributed by atoms with Gasteiger partial charge in [0.2, 0.25) is 11.8 Å². The second-order valence-corrected chi connectivity index (χ2v) is 14.4. The van der Waals surface area contributed by atoms with E-state index in [-0.39, 0.29) is 25.1 Å². The molecule has 3 amide bonds. The fourth-order valence-electron chi connectivity index (χ4n) is 5.27. The number of nitrogens with one attached hydrogen (secondary N) is 2. The van der Waals surface area contributed by atoms with E-state index < -0.39 is 59.8 Å². The summed E-state index contributed by atoms with van der Waals surface area (Å²) in [6.07, 6.45) is -0.743. The third-order valence-electron chi connectivity index (χ3n) is 7.69. The van der Waals surface area contributed by atoms with Crippen molar-refractivity contribution in [3.63, 3.8) is 0 Å². The Morgan fingerprint density at radius 3 is 1.88 bits per heavy atom. The highest BCUT2D eigenvalue weighted by atomic mass is 16.6. The van der Waals surface area contributed by atoms with Gasteiger partial charge in [0, 0.05) is 19.4 Å². The number of aromatic hydroxyl groups is 1. The molecule has 3 aromatic rings. The molecule has 0 saturated carbocycles. The zero-order chi connectivity index (χ0) is 37.2. The van der Waals surface area contributed by atoms with E-state index in [9.17, 15) is 29.4 Å². The Hall–Kier alpha value is -4.90. The maximum atomic E-state index is 14.6. The van der Waals surface area contributed by atoms with E-state index in [1.807, 2.05) is 50.2 Å². The van der Waals surface area contributed by atoms with Crippen LogP contribution in [0.2, 0.25) is 0 Å². The van der Waals surface area contributed by atoms with Crippen LogP contribution in [-0.2, 0) is 36.7 Å². The SMILES string of the molecule is Cc1ccc(C(C(=O)NC(Cc2ccccc2)C(=O)OC(C)(C)C)N(CCO)C(=O)C(Cc2ccc(O)cc2)NC(=O)OC(C)(C)C)cc1C. The van der Waals surface area contributed by atoms with Crippen molar-refractivity contribution >= 4 is 23.9 Å². The third kappa shape index (κ3) is 12.2. The van der Waals surface area contributed by atoms with Crippen molar-refractivity contribution in [2.75, 3.05) is 13.2 Å². The molecule has 4 N–H and O–H groups in total. The summed E-state index contributed by atoms with van der Waals surface area (Å²) in [7, 11) is 0. The van der Waals surface area contributed by atoms with Crippen LogP contribution in [0.25, 0.3) is 0 Å². The third-order valence-corrected chi connectivity index (χ3v) is 7.69. The van der Waals surface area contributed by atoms with Crippen LogP contribution in [0.5, 0.6) is 5.75 Å². The van der Waals surface area contributed by atoms with Gasteiger partial charge >= 0.3 is 12.1 Å². The lowest BCUT2D eigenvalue weighted by Crippen LogP contribution is -2.56. The number of ether oxygens (including phenoxy) is 2. The van der Waals surface area contributed by atoms with Crippen molar-refractivity contribution < 1.29 is 38.9 Å². The number of carbonyl (C=O) groups is 4. The van der Waals surface area contributed by atoms with Gasteiger partial charge in [-0.1, -0.05) is 60.7 Å². The van der Waals surface area contributed by atoms with Crippen molar-refractivity contribution in [1.29, 1.82) is 0 Å². The molecule has 3 rings (SSSR count). The van der Waals surface area contributed by atoms with Gasteiger partial charge in [0.15, 0.2) is 0 Å². The molecular weight excluding hydrogens is 638 g/mol. The molecular formula is C39H51N3O8. The monoisotopic (exact) mass is 689 g/mol. The summed E-state index contributed by atoms with van der Waals surface area (Å²) in [5, 5.41) is 25.6. The maximum Gasteiger partial charge on any atom is 0.408 e. The van der Waals surface area contributed by atoms with Crippen LogP contribution in [0.3, 0.4) is 0 Å². The highest BCUT2D eigenvalue weighted by molar-refractivity contribution is 5.94. The summed E-state index contributed by atoms with van der Waals surface area (Å²) in [5.41, 5.74) is 1.95. The summed E-state index contributed by atoms with van der Waals surface area (Å²) < 4.78 is 11.2. The van der Waals surface area contributed by atoms with Gasteiger partial charge in [-0.3, -0.25) is 9.59 Å². The number of carbonyl (C=O) groups excluding carboxylic acids is 4. The molecule has 270 valence electrons.